The molecule has 2 atom stereocenters. The van der Waals surface area contributed by atoms with Crippen LogP contribution in [0.15, 0.2) is 60.8 Å². The minimum Gasteiger partial charge on any atom is -0.756 e. The summed E-state index contributed by atoms with van der Waals surface area (Å²) in [6, 6.07) is 0. The van der Waals surface area contributed by atoms with Gasteiger partial charge in [-0.05, 0) is 70.6 Å². The van der Waals surface area contributed by atoms with Crippen molar-refractivity contribution in [1.82, 2.24) is 0 Å². The molecule has 0 rings (SSSR count). The van der Waals surface area contributed by atoms with Crippen molar-refractivity contribution in [3.05, 3.63) is 60.8 Å². The number of unbranched alkanes of at least 4 members (excludes halogenated alkanes) is 13. The van der Waals surface area contributed by atoms with Gasteiger partial charge in [-0.2, -0.15) is 0 Å². The number of hydrogen-bond acceptors (Lipinski definition) is 7. The van der Waals surface area contributed by atoms with Gasteiger partial charge in [0.05, 0.1) is 34.4 Å². The van der Waals surface area contributed by atoms with E-state index < -0.39 is 13.9 Å². The zero-order valence-electron chi connectivity index (χ0n) is 34.0. The van der Waals surface area contributed by atoms with Crippen LogP contribution in [0.25, 0.3) is 0 Å². The van der Waals surface area contributed by atoms with Gasteiger partial charge in [-0.15, -0.1) is 0 Å². The molecule has 0 heterocycles. The summed E-state index contributed by atoms with van der Waals surface area (Å²) >= 11 is 0. The summed E-state index contributed by atoms with van der Waals surface area (Å²) in [6.07, 6.45) is 43.8. The van der Waals surface area contributed by atoms with E-state index in [1.54, 1.807) is 0 Å². The Morgan fingerprint density at radius 3 is 1.69 bits per heavy atom. The Morgan fingerprint density at radius 1 is 0.615 bits per heavy atom. The van der Waals surface area contributed by atoms with E-state index in [4.69, 9.17) is 18.5 Å². The molecule has 52 heavy (non-hydrogen) atoms. The Kier molecular flexibility index (Phi) is 34.9. The molecule has 0 aliphatic carbocycles. The average molecular weight is 752 g/mol. The second kappa shape index (κ2) is 36.2. The van der Waals surface area contributed by atoms with E-state index in [-0.39, 0.29) is 25.8 Å². The van der Waals surface area contributed by atoms with Gasteiger partial charge in [0.2, 0.25) is 0 Å². The van der Waals surface area contributed by atoms with Gasteiger partial charge in [0.25, 0.3) is 7.82 Å². The fraction of sp³-hybridized carbons (Fsp3) is 0.744. The highest BCUT2D eigenvalue weighted by Crippen LogP contribution is 2.38. The van der Waals surface area contributed by atoms with Gasteiger partial charge in [-0.25, -0.2) is 0 Å². The number of ether oxygens (including phenoxy) is 2. The normalized spacial score (nSPS) is 14.5. The monoisotopic (exact) mass is 752 g/mol. The summed E-state index contributed by atoms with van der Waals surface area (Å²) in [6.45, 7) is 5.18. The number of hydrogen-bond donors (Lipinski definition) is 0. The van der Waals surface area contributed by atoms with E-state index in [9.17, 15) is 14.3 Å². The lowest BCUT2D eigenvalue weighted by atomic mass is 10.1. The van der Waals surface area contributed by atoms with Crippen LogP contribution in [0.5, 0.6) is 0 Å². The SMILES string of the molecule is CC/C=C\C/C=C\C/C=C\C/C=C\CCCCCCCCCOCC(COP(=O)([O-])OCC[N+](C)(C)C)OC(=O)CCCCCCC/C=C\CCC. The highest BCUT2D eigenvalue weighted by Gasteiger charge is 2.20. The molecule has 0 aliphatic heterocycles. The highest BCUT2D eigenvalue weighted by molar-refractivity contribution is 7.45. The summed E-state index contributed by atoms with van der Waals surface area (Å²) < 4.78 is 34.4. The summed E-state index contributed by atoms with van der Waals surface area (Å²) in [5.74, 6) is -0.353. The quantitative estimate of drug-likeness (QED) is 0.0205. The summed E-state index contributed by atoms with van der Waals surface area (Å²) in [4.78, 5) is 24.9. The maximum absolute atomic E-state index is 12.6. The van der Waals surface area contributed by atoms with Gasteiger partial charge >= 0.3 is 5.97 Å². The number of rotatable bonds is 37. The Labute approximate surface area is 320 Å². The average Bonchev–Trinajstić information content (AvgIpc) is 3.09. The van der Waals surface area contributed by atoms with Crippen LogP contribution in [0, 0.1) is 0 Å². The molecule has 0 fully saturated rings. The number of carbonyl (C=O) groups is 1. The van der Waals surface area contributed by atoms with Crippen molar-refractivity contribution < 1.29 is 37.3 Å². The molecule has 0 aromatic heterocycles. The predicted molar refractivity (Wildman–Crippen MR) is 217 cm³/mol. The minimum absolute atomic E-state index is 0.0194. The molecule has 0 N–H and O–H groups in total. The van der Waals surface area contributed by atoms with Crippen LogP contribution in [0.1, 0.15) is 149 Å². The number of likely N-dealkylation sites (N-methyl/N-ethyl adjacent to an activating group) is 1. The van der Waals surface area contributed by atoms with Crippen LogP contribution in [-0.2, 0) is 27.9 Å². The van der Waals surface area contributed by atoms with Crippen molar-refractivity contribution in [2.75, 3.05) is 54.1 Å². The molecule has 0 amide bonds. The standard InChI is InChI=1S/C43H78NO7P/c1-6-8-10-12-14-16-18-19-20-21-22-23-24-25-26-27-29-31-33-35-38-48-40-42(41-50-52(46,47)49-39-37-44(3,4)5)51-43(45)36-34-32-30-28-17-15-13-11-9-7-2/h8,10-11,13-14,16,19-20,22-23,42H,6-7,9,12,15,17-18,21,24-41H2,1-5H3/b10-8-,13-11-,16-14-,20-19-,23-22-. The third kappa shape index (κ3) is 39.4. The Bertz CT molecular complexity index is 1020. The molecule has 302 valence electrons. The zero-order valence-corrected chi connectivity index (χ0v) is 34.9. The molecule has 0 radical (unpaired) electrons. The molecular formula is C43H78NO7P. The number of phosphoric acid groups is 1. The molecule has 9 heteroatoms. The number of phosphoric ester groups is 1. The number of carbonyl (C=O) groups excluding carboxylic acids is 1. The summed E-state index contributed by atoms with van der Waals surface area (Å²) in [7, 11) is 1.33. The van der Waals surface area contributed by atoms with Crippen molar-refractivity contribution in [2.24, 2.45) is 0 Å². The molecule has 8 nitrogen and oxygen atoms in total. The molecule has 0 aliphatic rings. The third-order valence-electron chi connectivity index (χ3n) is 8.28. The topological polar surface area (TPSA) is 94.1 Å². The minimum atomic E-state index is -4.53. The predicted octanol–water partition coefficient (Wildman–Crippen LogP) is 11.1. The Balaban J connectivity index is 4.23. The van der Waals surface area contributed by atoms with E-state index >= 15 is 0 Å². The van der Waals surface area contributed by atoms with Crippen LogP contribution >= 0.6 is 7.82 Å². The fourth-order valence-electron chi connectivity index (χ4n) is 5.13. The van der Waals surface area contributed by atoms with Crippen molar-refractivity contribution in [3.63, 3.8) is 0 Å². The maximum atomic E-state index is 12.6. The number of quaternary nitrogens is 1. The summed E-state index contributed by atoms with van der Waals surface area (Å²) in [5.41, 5.74) is 0. The van der Waals surface area contributed by atoms with E-state index in [2.05, 4.69) is 74.6 Å². The number of nitrogens with zero attached hydrogens (tertiary/aromatic N) is 1. The molecule has 0 saturated heterocycles. The number of allylic oxidation sites excluding steroid dienone is 10. The smallest absolute Gasteiger partial charge is 0.306 e. The van der Waals surface area contributed by atoms with E-state index in [0.717, 1.165) is 89.9 Å². The van der Waals surface area contributed by atoms with Crippen LogP contribution in [0.2, 0.25) is 0 Å². The number of esters is 1. The first-order valence-electron chi connectivity index (χ1n) is 20.5. The van der Waals surface area contributed by atoms with Gasteiger partial charge in [-0.3, -0.25) is 9.36 Å². The van der Waals surface area contributed by atoms with Crippen molar-refractivity contribution in [2.45, 2.75) is 155 Å². The van der Waals surface area contributed by atoms with E-state index in [0.29, 0.717) is 24.1 Å². The van der Waals surface area contributed by atoms with Crippen LogP contribution < -0.4 is 4.89 Å². The van der Waals surface area contributed by atoms with E-state index in [1.165, 1.54) is 38.5 Å². The zero-order chi connectivity index (χ0) is 38.4. The largest absolute Gasteiger partial charge is 0.756 e. The third-order valence-corrected chi connectivity index (χ3v) is 9.25. The van der Waals surface area contributed by atoms with Crippen molar-refractivity contribution >= 4 is 13.8 Å². The molecule has 0 aromatic rings. The lowest BCUT2D eigenvalue weighted by Gasteiger charge is -2.28. The first kappa shape index (κ1) is 50.2. The first-order valence-corrected chi connectivity index (χ1v) is 22.0. The molecular weight excluding hydrogens is 673 g/mol. The van der Waals surface area contributed by atoms with Gasteiger partial charge in [0.15, 0.2) is 0 Å². The van der Waals surface area contributed by atoms with Gasteiger partial charge < -0.3 is 27.9 Å². The van der Waals surface area contributed by atoms with Gasteiger partial charge in [0.1, 0.15) is 19.3 Å². The molecule has 0 spiro atoms. The van der Waals surface area contributed by atoms with E-state index in [1.807, 2.05) is 21.1 Å². The van der Waals surface area contributed by atoms with Gasteiger partial charge in [-0.1, -0.05) is 132 Å². The van der Waals surface area contributed by atoms with Crippen LogP contribution in [0.3, 0.4) is 0 Å². The Hall–Kier alpha value is -1.80. The maximum Gasteiger partial charge on any atom is 0.306 e. The second-order valence-corrected chi connectivity index (χ2v) is 16.0. The molecule has 2 unspecified atom stereocenters. The van der Waals surface area contributed by atoms with Crippen molar-refractivity contribution in [1.29, 1.82) is 0 Å². The summed E-state index contributed by atoms with van der Waals surface area (Å²) in [5, 5.41) is 0. The van der Waals surface area contributed by atoms with Crippen LogP contribution in [-0.4, -0.2) is 70.7 Å². The molecule has 0 bridgehead atoms. The lowest BCUT2D eigenvalue weighted by molar-refractivity contribution is -0.870. The lowest BCUT2D eigenvalue weighted by Crippen LogP contribution is -2.37. The first-order chi connectivity index (χ1) is 25.1. The highest BCUT2D eigenvalue weighted by atomic mass is 31.2. The second-order valence-electron chi connectivity index (χ2n) is 14.6. The molecule has 0 aromatic carbocycles. The van der Waals surface area contributed by atoms with Crippen molar-refractivity contribution in [3.8, 4) is 0 Å². The van der Waals surface area contributed by atoms with Gasteiger partial charge in [0, 0.05) is 13.0 Å². The van der Waals surface area contributed by atoms with Crippen LogP contribution in [0.4, 0.5) is 0 Å². The Morgan fingerprint density at radius 2 is 1.12 bits per heavy atom. The molecule has 0 saturated carbocycles. The fourth-order valence-corrected chi connectivity index (χ4v) is 5.85.